The number of amides is 1. The third-order valence-corrected chi connectivity index (χ3v) is 4.83. The van der Waals surface area contributed by atoms with Gasteiger partial charge in [-0.25, -0.2) is 0 Å². The number of nitrogens with zero attached hydrogens (tertiary/aromatic N) is 1. The molecule has 5 nitrogen and oxygen atoms in total. The van der Waals surface area contributed by atoms with Gasteiger partial charge in [0.2, 0.25) is 5.91 Å². The number of piperidine rings is 1. The second-order valence-electron chi connectivity index (χ2n) is 6.69. The first kappa shape index (κ1) is 16.4. The van der Waals surface area contributed by atoms with Crippen LogP contribution in [0.5, 0.6) is 0 Å². The lowest BCUT2D eigenvalue weighted by Gasteiger charge is -2.29. The molecule has 0 aliphatic carbocycles. The number of likely N-dealkylation sites (tertiary alicyclic amines) is 1. The van der Waals surface area contributed by atoms with Crippen LogP contribution in [0.15, 0.2) is 24.3 Å². The molecular weight excluding hydrogens is 290 g/mol. The Bertz CT molecular complexity index is 504. The highest BCUT2D eigenvalue weighted by Gasteiger charge is 2.21. The average molecular weight is 317 g/mol. The van der Waals surface area contributed by atoms with Gasteiger partial charge < -0.3 is 15.7 Å². The summed E-state index contributed by atoms with van der Waals surface area (Å²) in [5.41, 5.74) is 2.42. The third kappa shape index (κ3) is 4.77. The molecule has 0 aromatic heterocycles. The Morgan fingerprint density at radius 2 is 1.87 bits per heavy atom. The number of aliphatic hydroxyl groups is 1. The predicted octanol–water partition coefficient (Wildman–Crippen LogP) is 1.01. The van der Waals surface area contributed by atoms with Crippen LogP contribution >= 0.6 is 0 Å². The number of nitrogens with one attached hydrogen (secondary N) is 2. The number of rotatable bonds is 5. The minimum absolute atomic E-state index is 0.0104. The van der Waals surface area contributed by atoms with E-state index in [1.54, 1.807) is 0 Å². The van der Waals surface area contributed by atoms with E-state index < -0.39 is 0 Å². The summed E-state index contributed by atoms with van der Waals surface area (Å²) < 4.78 is 0. The van der Waals surface area contributed by atoms with Crippen molar-refractivity contribution in [3.8, 4) is 0 Å². The van der Waals surface area contributed by atoms with Crippen molar-refractivity contribution in [2.24, 2.45) is 0 Å². The van der Waals surface area contributed by atoms with Crippen molar-refractivity contribution in [1.82, 2.24) is 15.5 Å². The van der Waals surface area contributed by atoms with Crippen LogP contribution in [0.1, 0.15) is 36.8 Å². The molecule has 1 unspecified atom stereocenters. The lowest BCUT2D eigenvalue weighted by Crippen LogP contribution is -2.40. The summed E-state index contributed by atoms with van der Waals surface area (Å²) in [6.45, 7) is 4.40. The molecule has 3 N–H and O–H groups in total. The van der Waals surface area contributed by atoms with Crippen molar-refractivity contribution in [3.63, 3.8) is 0 Å². The molecule has 2 saturated heterocycles. The van der Waals surface area contributed by atoms with Gasteiger partial charge in [0.25, 0.3) is 0 Å². The van der Waals surface area contributed by atoms with Crippen molar-refractivity contribution in [3.05, 3.63) is 35.4 Å². The highest BCUT2D eigenvalue weighted by molar-refractivity contribution is 5.81. The highest BCUT2D eigenvalue weighted by atomic mass is 16.3. The van der Waals surface area contributed by atoms with Crippen LogP contribution in [0.3, 0.4) is 0 Å². The van der Waals surface area contributed by atoms with Gasteiger partial charge in [-0.05, 0) is 43.4 Å². The normalized spacial score (nSPS) is 23.1. The number of benzene rings is 1. The van der Waals surface area contributed by atoms with Gasteiger partial charge in [0.1, 0.15) is 0 Å². The molecule has 2 heterocycles. The van der Waals surface area contributed by atoms with E-state index >= 15 is 0 Å². The fourth-order valence-electron chi connectivity index (χ4n) is 3.32. The van der Waals surface area contributed by atoms with Crippen molar-refractivity contribution in [2.45, 2.75) is 50.9 Å². The van der Waals surface area contributed by atoms with Gasteiger partial charge in [-0.1, -0.05) is 24.3 Å². The van der Waals surface area contributed by atoms with Crippen molar-refractivity contribution in [1.29, 1.82) is 0 Å². The molecule has 2 fully saturated rings. The monoisotopic (exact) mass is 317 g/mol. The standard InChI is InChI=1S/C18H27N3O2/c22-16-7-10-21(11-8-16)13-15-5-3-14(4-6-15)12-20-18(23)17-2-1-9-19-17/h3-6,16-17,19,22H,1-2,7-13H2,(H,20,23). The van der Waals surface area contributed by atoms with E-state index in [-0.39, 0.29) is 18.1 Å². The van der Waals surface area contributed by atoms with Gasteiger partial charge in [-0.2, -0.15) is 0 Å². The number of hydrogen-bond acceptors (Lipinski definition) is 4. The quantitative estimate of drug-likeness (QED) is 0.758. The summed E-state index contributed by atoms with van der Waals surface area (Å²) in [7, 11) is 0. The molecule has 23 heavy (non-hydrogen) atoms. The minimum atomic E-state index is -0.119. The summed E-state index contributed by atoms with van der Waals surface area (Å²) in [4.78, 5) is 14.4. The van der Waals surface area contributed by atoms with Gasteiger partial charge in [-0.15, -0.1) is 0 Å². The van der Waals surface area contributed by atoms with Gasteiger partial charge in [-0.3, -0.25) is 9.69 Å². The molecule has 2 aliphatic heterocycles. The van der Waals surface area contributed by atoms with Crippen LogP contribution in [0, 0.1) is 0 Å². The molecule has 126 valence electrons. The Balaban J connectivity index is 1.44. The lowest BCUT2D eigenvalue weighted by molar-refractivity contribution is -0.122. The maximum Gasteiger partial charge on any atom is 0.237 e. The van der Waals surface area contributed by atoms with Crippen LogP contribution in [0.25, 0.3) is 0 Å². The van der Waals surface area contributed by atoms with Gasteiger partial charge in [0.15, 0.2) is 0 Å². The first-order valence-electron chi connectivity index (χ1n) is 8.70. The topological polar surface area (TPSA) is 64.6 Å². The molecule has 0 radical (unpaired) electrons. The van der Waals surface area contributed by atoms with Gasteiger partial charge in [0.05, 0.1) is 12.1 Å². The number of hydrogen-bond donors (Lipinski definition) is 3. The SMILES string of the molecule is O=C(NCc1ccc(CN2CCC(O)CC2)cc1)C1CCCN1. The Morgan fingerprint density at radius 3 is 2.52 bits per heavy atom. The molecule has 1 amide bonds. The van der Waals surface area contributed by atoms with E-state index in [1.807, 2.05) is 0 Å². The summed E-state index contributed by atoms with van der Waals surface area (Å²) in [6.07, 6.45) is 3.65. The zero-order valence-corrected chi connectivity index (χ0v) is 13.6. The smallest absolute Gasteiger partial charge is 0.237 e. The van der Waals surface area contributed by atoms with Crippen LogP contribution in [0.2, 0.25) is 0 Å². The fraction of sp³-hybridized carbons (Fsp3) is 0.611. The number of carbonyl (C=O) groups excluding carboxylic acids is 1. The molecule has 3 rings (SSSR count). The second-order valence-corrected chi connectivity index (χ2v) is 6.69. The summed E-state index contributed by atoms with van der Waals surface area (Å²) in [6, 6.07) is 8.46. The molecule has 0 spiro atoms. The predicted molar refractivity (Wildman–Crippen MR) is 89.8 cm³/mol. The first-order valence-corrected chi connectivity index (χ1v) is 8.70. The van der Waals surface area contributed by atoms with Crippen molar-refractivity contribution < 1.29 is 9.90 Å². The van der Waals surface area contributed by atoms with Gasteiger partial charge >= 0.3 is 0 Å². The Morgan fingerprint density at radius 1 is 1.17 bits per heavy atom. The van der Waals surface area contributed by atoms with Crippen molar-refractivity contribution >= 4 is 5.91 Å². The van der Waals surface area contributed by atoms with E-state index in [0.29, 0.717) is 6.54 Å². The van der Waals surface area contributed by atoms with E-state index in [0.717, 1.165) is 57.4 Å². The molecular formula is C18H27N3O2. The molecule has 1 aromatic rings. The van der Waals surface area contributed by atoms with E-state index in [4.69, 9.17) is 0 Å². The number of carbonyl (C=O) groups is 1. The summed E-state index contributed by atoms with van der Waals surface area (Å²) >= 11 is 0. The van der Waals surface area contributed by atoms with E-state index in [2.05, 4.69) is 39.8 Å². The molecule has 5 heteroatoms. The fourth-order valence-corrected chi connectivity index (χ4v) is 3.32. The third-order valence-electron chi connectivity index (χ3n) is 4.83. The van der Waals surface area contributed by atoms with Crippen LogP contribution in [-0.4, -0.2) is 47.7 Å². The molecule has 1 aromatic carbocycles. The number of aliphatic hydroxyl groups excluding tert-OH is 1. The molecule has 1 atom stereocenters. The molecule has 2 aliphatic rings. The Hall–Kier alpha value is -1.43. The first-order chi connectivity index (χ1) is 11.2. The van der Waals surface area contributed by atoms with E-state index in [9.17, 15) is 9.90 Å². The summed E-state index contributed by atoms with van der Waals surface area (Å²) in [5.74, 6) is 0.110. The van der Waals surface area contributed by atoms with Crippen LogP contribution in [0.4, 0.5) is 0 Å². The van der Waals surface area contributed by atoms with Crippen LogP contribution in [-0.2, 0) is 17.9 Å². The van der Waals surface area contributed by atoms with Crippen LogP contribution < -0.4 is 10.6 Å². The second kappa shape index (κ2) is 7.90. The lowest BCUT2D eigenvalue weighted by atomic mass is 10.1. The summed E-state index contributed by atoms with van der Waals surface area (Å²) in [5, 5.41) is 15.8. The zero-order chi connectivity index (χ0) is 16.1. The average Bonchev–Trinajstić information content (AvgIpc) is 3.11. The van der Waals surface area contributed by atoms with Crippen molar-refractivity contribution in [2.75, 3.05) is 19.6 Å². The highest BCUT2D eigenvalue weighted by Crippen LogP contribution is 2.14. The maximum atomic E-state index is 12.0. The Kier molecular flexibility index (Phi) is 5.65. The largest absolute Gasteiger partial charge is 0.393 e. The minimum Gasteiger partial charge on any atom is -0.393 e. The van der Waals surface area contributed by atoms with Gasteiger partial charge in [0, 0.05) is 26.2 Å². The molecule has 0 saturated carbocycles. The maximum absolute atomic E-state index is 12.0. The van der Waals surface area contributed by atoms with E-state index in [1.165, 1.54) is 5.56 Å². The zero-order valence-electron chi connectivity index (χ0n) is 13.6. The Labute approximate surface area is 138 Å². The molecule has 0 bridgehead atoms.